The van der Waals surface area contributed by atoms with Crippen molar-refractivity contribution in [2.45, 2.75) is 25.8 Å². The molecule has 2 fully saturated rings. The fourth-order valence-corrected chi connectivity index (χ4v) is 4.54. The SMILES string of the molecule is NC(=O)C1CCN(Cc2cccc(NC(=O)C3CCN(c4ccc(Cl)cc4)C3=O)c2)CC1. The van der Waals surface area contributed by atoms with Crippen LogP contribution in [0.3, 0.4) is 0 Å². The van der Waals surface area contributed by atoms with Crippen LogP contribution in [0.25, 0.3) is 0 Å². The summed E-state index contributed by atoms with van der Waals surface area (Å²) in [6.07, 6.45) is 2.03. The van der Waals surface area contributed by atoms with Gasteiger partial charge in [-0.1, -0.05) is 23.7 Å². The van der Waals surface area contributed by atoms with Gasteiger partial charge in [0.1, 0.15) is 5.92 Å². The number of carbonyl (C=O) groups excluding carboxylic acids is 3. The fourth-order valence-electron chi connectivity index (χ4n) is 4.41. The van der Waals surface area contributed by atoms with Gasteiger partial charge in [-0.05, 0) is 74.3 Å². The first kappa shape index (κ1) is 22.3. The maximum atomic E-state index is 12.8. The smallest absolute Gasteiger partial charge is 0.239 e. The number of halogens is 1. The fraction of sp³-hybridized carbons (Fsp3) is 0.375. The summed E-state index contributed by atoms with van der Waals surface area (Å²) in [4.78, 5) is 40.9. The van der Waals surface area contributed by atoms with Gasteiger partial charge >= 0.3 is 0 Å². The largest absolute Gasteiger partial charge is 0.369 e. The van der Waals surface area contributed by atoms with E-state index in [4.69, 9.17) is 17.3 Å². The Morgan fingerprint density at radius 2 is 1.75 bits per heavy atom. The van der Waals surface area contributed by atoms with E-state index in [1.54, 1.807) is 29.2 Å². The number of carbonyl (C=O) groups is 3. The third-order valence-electron chi connectivity index (χ3n) is 6.25. The Labute approximate surface area is 192 Å². The van der Waals surface area contributed by atoms with Crippen LogP contribution in [0.15, 0.2) is 48.5 Å². The molecule has 0 aromatic heterocycles. The number of hydrogen-bond acceptors (Lipinski definition) is 4. The van der Waals surface area contributed by atoms with Gasteiger partial charge in [-0.25, -0.2) is 0 Å². The van der Waals surface area contributed by atoms with Gasteiger partial charge in [0.15, 0.2) is 0 Å². The summed E-state index contributed by atoms with van der Waals surface area (Å²) in [5, 5.41) is 3.51. The topological polar surface area (TPSA) is 95.7 Å². The summed E-state index contributed by atoms with van der Waals surface area (Å²) in [5.41, 5.74) is 7.91. The number of nitrogens with one attached hydrogen (secondary N) is 1. The molecule has 2 aromatic carbocycles. The molecule has 0 radical (unpaired) electrons. The number of rotatable bonds is 6. The first-order valence-electron chi connectivity index (χ1n) is 10.9. The van der Waals surface area contributed by atoms with E-state index in [0.29, 0.717) is 23.7 Å². The lowest BCUT2D eigenvalue weighted by Crippen LogP contribution is -2.38. The van der Waals surface area contributed by atoms with E-state index in [0.717, 1.165) is 43.7 Å². The van der Waals surface area contributed by atoms with E-state index in [1.165, 1.54) is 0 Å². The lowest BCUT2D eigenvalue weighted by molar-refractivity contribution is -0.129. The second-order valence-corrected chi connectivity index (χ2v) is 8.89. The Hall–Kier alpha value is -2.90. The molecular weight excluding hydrogens is 428 g/mol. The van der Waals surface area contributed by atoms with Crippen molar-refractivity contribution in [3.05, 3.63) is 59.1 Å². The van der Waals surface area contributed by atoms with E-state index in [1.807, 2.05) is 24.3 Å². The summed E-state index contributed by atoms with van der Waals surface area (Å²) >= 11 is 5.93. The second kappa shape index (κ2) is 9.71. The zero-order valence-corrected chi connectivity index (χ0v) is 18.6. The zero-order valence-electron chi connectivity index (χ0n) is 17.8. The number of benzene rings is 2. The molecule has 2 aliphatic heterocycles. The Bertz CT molecular complexity index is 1000. The number of nitrogens with two attached hydrogens (primary N) is 1. The van der Waals surface area contributed by atoms with Crippen molar-refractivity contribution >= 4 is 40.7 Å². The average molecular weight is 455 g/mol. The number of anilines is 2. The predicted octanol–water partition coefficient (Wildman–Crippen LogP) is 3.03. The number of likely N-dealkylation sites (tertiary alicyclic amines) is 1. The van der Waals surface area contributed by atoms with Crippen LogP contribution in [-0.2, 0) is 20.9 Å². The summed E-state index contributed by atoms with van der Waals surface area (Å²) in [5.74, 6) is -1.44. The molecule has 8 heteroatoms. The maximum Gasteiger partial charge on any atom is 0.239 e. The van der Waals surface area contributed by atoms with Crippen LogP contribution in [-0.4, -0.2) is 42.3 Å². The molecule has 1 unspecified atom stereocenters. The molecule has 168 valence electrons. The zero-order chi connectivity index (χ0) is 22.7. The standard InChI is InChI=1S/C24H27ClN4O3/c25-18-4-6-20(7-5-18)29-13-10-21(24(29)32)23(31)27-19-3-1-2-16(14-19)15-28-11-8-17(9-12-28)22(26)30/h1-7,14,17,21H,8-13,15H2,(H2,26,30)(H,27,31). The van der Waals surface area contributed by atoms with Crippen molar-refractivity contribution in [1.29, 1.82) is 0 Å². The van der Waals surface area contributed by atoms with Gasteiger partial charge in [-0.2, -0.15) is 0 Å². The monoisotopic (exact) mass is 454 g/mol. The summed E-state index contributed by atoms with van der Waals surface area (Å²) < 4.78 is 0. The molecule has 32 heavy (non-hydrogen) atoms. The molecule has 4 rings (SSSR count). The minimum Gasteiger partial charge on any atom is -0.369 e. The maximum absolute atomic E-state index is 12.8. The molecule has 3 N–H and O–H groups in total. The summed E-state index contributed by atoms with van der Waals surface area (Å²) in [6, 6.07) is 14.7. The molecular formula is C24H27ClN4O3. The Kier molecular flexibility index (Phi) is 6.77. The van der Waals surface area contributed by atoms with Gasteiger partial charge in [0.05, 0.1) is 0 Å². The third kappa shape index (κ3) is 5.11. The van der Waals surface area contributed by atoms with Crippen LogP contribution < -0.4 is 16.0 Å². The van der Waals surface area contributed by atoms with Crippen LogP contribution in [0.1, 0.15) is 24.8 Å². The highest BCUT2D eigenvalue weighted by molar-refractivity contribution is 6.30. The van der Waals surface area contributed by atoms with Crippen molar-refractivity contribution in [1.82, 2.24) is 4.90 Å². The van der Waals surface area contributed by atoms with E-state index < -0.39 is 5.92 Å². The first-order valence-corrected chi connectivity index (χ1v) is 11.3. The molecule has 1 atom stereocenters. The number of piperidine rings is 1. The van der Waals surface area contributed by atoms with E-state index in [2.05, 4.69) is 10.2 Å². The van der Waals surface area contributed by atoms with Crippen molar-refractivity contribution < 1.29 is 14.4 Å². The lowest BCUT2D eigenvalue weighted by atomic mass is 9.96. The number of nitrogens with zero attached hydrogens (tertiary/aromatic N) is 2. The van der Waals surface area contributed by atoms with E-state index in [9.17, 15) is 14.4 Å². The number of primary amides is 1. The van der Waals surface area contributed by atoms with Gasteiger partial charge in [-0.3, -0.25) is 19.3 Å². The van der Waals surface area contributed by atoms with Crippen molar-refractivity contribution in [2.24, 2.45) is 17.6 Å². The van der Waals surface area contributed by atoms with Gasteiger partial charge in [0.2, 0.25) is 17.7 Å². The van der Waals surface area contributed by atoms with Crippen LogP contribution in [0.4, 0.5) is 11.4 Å². The molecule has 2 aliphatic rings. The highest BCUT2D eigenvalue weighted by Crippen LogP contribution is 2.27. The Morgan fingerprint density at radius 3 is 2.44 bits per heavy atom. The van der Waals surface area contributed by atoms with Crippen LogP contribution in [0.2, 0.25) is 5.02 Å². The van der Waals surface area contributed by atoms with Crippen molar-refractivity contribution in [2.75, 3.05) is 29.9 Å². The lowest BCUT2D eigenvalue weighted by Gasteiger charge is -2.30. The Morgan fingerprint density at radius 1 is 1.03 bits per heavy atom. The molecule has 2 aromatic rings. The molecule has 7 nitrogen and oxygen atoms in total. The average Bonchev–Trinajstić information content (AvgIpc) is 3.16. The quantitative estimate of drug-likeness (QED) is 0.656. The normalized spacial score (nSPS) is 19.8. The molecule has 0 saturated carbocycles. The minimum atomic E-state index is -0.706. The molecule has 3 amide bonds. The van der Waals surface area contributed by atoms with Crippen LogP contribution in [0, 0.1) is 11.8 Å². The second-order valence-electron chi connectivity index (χ2n) is 8.45. The van der Waals surface area contributed by atoms with Gasteiger partial charge in [0, 0.05) is 35.4 Å². The molecule has 0 bridgehead atoms. The number of hydrogen-bond donors (Lipinski definition) is 2. The highest BCUT2D eigenvalue weighted by Gasteiger charge is 2.37. The molecule has 0 spiro atoms. The van der Waals surface area contributed by atoms with E-state index in [-0.39, 0.29) is 23.6 Å². The molecule has 2 heterocycles. The van der Waals surface area contributed by atoms with Gasteiger partial charge in [0.25, 0.3) is 0 Å². The van der Waals surface area contributed by atoms with E-state index >= 15 is 0 Å². The molecule has 0 aliphatic carbocycles. The van der Waals surface area contributed by atoms with Gasteiger partial charge < -0.3 is 16.0 Å². The first-order chi connectivity index (χ1) is 15.4. The van der Waals surface area contributed by atoms with Crippen molar-refractivity contribution in [3.63, 3.8) is 0 Å². The Balaban J connectivity index is 1.34. The van der Waals surface area contributed by atoms with Crippen LogP contribution in [0.5, 0.6) is 0 Å². The van der Waals surface area contributed by atoms with Crippen molar-refractivity contribution in [3.8, 4) is 0 Å². The summed E-state index contributed by atoms with van der Waals surface area (Å²) in [6.45, 7) is 2.88. The third-order valence-corrected chi connectivity index (χ3v) is 6.50. The highest BCUT2D eigenvalue weighted by atomic mass is 35.5. The van der Waals surface area contributed by atoms with Gasteiger partial charge in [-0.15, -0.1) is 0 Å². The predicted molar refractivity (Wildman–Crippen MR) is 124 cm³/mol. The molecule has 2 saturated heterocycles. The van der Waals surface area contributed by atoms with Crippen LogP contribution >= 0.6 is 11.6 Å². The number of amides is 3. The minimum absolute atomic E-state index is 0.0340. The summed E-state index contributed by atoms with van der Waals surface area (Å²) in [7, 11) is 0.